The van der Waals surface area contributed by atoms with Crippen LogP contribution in [0.2, 0.25) is 0 Å². The standard InChI is InChI=1S/C14H17BrFNO/c15-11-5-10(6-12(16)8-11)7-13(18)14(9-17)3-1-2-4-14/h5-6,8H,1-4,7,9,17H2. The van der Waals surface area contributed by atoms with E-state index in [-0.39, 0.29) is 23.4 Å². The highest BCUT2D eigenvalue weighted by atomic mass is 79.9. The molecule has 0 bridgehead atoms. The Bertz CT molecular complexity index is 435. The quantitative estimate of drug-likeness (QED) is 0.927. The Morgan fingerprint density at radius 2 is 2.00 bits per heavy atom. The molecule has 0 spiro atoms. The molecule has 1 aliphatic carbocycles. The third-order valence-electron chi connectivity index (χ3n) is 3.83. The number of halogens is 2. The van der Waals surface area contributed by atoms with Gasteiger partial charge in [-0.05, 0) is 36.6 Å². The van der Waals surface area contributed by atoms with E-state index in [1.807, 2.05) is 0 Å². The van der Waals surface area contributed by atoms with Crippen molar-refractivity contribution in [1.82, 2.24) is 0 Å². The van der Waals surface area contributed by atoms with Gasteiger partial charge in [-0.2, -0.15) is 0 Å². The molecule has 2 N–H and O–H groups in total. The molecule has 0 aromatic heterocycles. The fourth-order valence-electron chi connectivity index (χ4n) is 2.73. The van der Waals surface area contributed by atoms with Crippen molar-refractivity contribution in [3.8, 4) is 0 Å². The number of carbonyl (C=O) groups excluding carboxylic acids is 1. The summed E-state index contributed by atoms with van der Waals surface area (Å²) in [6, 6.07) is 4.60. The molecule has 0 atom stereocenters. The Balaban J connectivity index is 2.15. The van der Waals surface area contributed by atoms with Crippen molar-refractivity contribution in [2.75, 3.05) is 6.54 Å². The van der Waals surface area contributed by atoms with Gasteiger partial charge in [-0.25, -0.2) is 4.39 Å². The molecule has 1 saturated carbocycles. The number of Topliss-reactive ketones (excluding diaryl/α,β-unsaturated/α-hetero) is 1. The summed E-state index contributed by atoms with van der Waals surface area (Å²) in [5.41, 5.74) is 6.13. The summed E-state index contributed by atoms with van der Waals surface area (Å²) >= 11 is 3.24. The van der Waals surface area contributed by atoms with Crippen LogP contribution in [0.3, 0.4) is 0 Å². The molecule has 98 valence electrons. The molecule has 2 rings (SSSR count). The molecule has 1 aliphatic rings. The lowest BCUT2D eigenvalue weighted by Gasteiger charge is -2.25. The molecule has 18 heavy (non-hydrogen) atoms. The summed E-state index contributed by atoms with van der Waals surface area (Å²) in [7, 11) is 0. The molecule has 1 aromatic rings. The van der Waals surface area contributed by atoms with Crippen molar-refractivity contribution in [3.63, 3.8) is 0 Å². The molecule has 0 unspecified atom stereocenters. The van der Waals surface area contributed by atoms with Crippen LogP contribution in [0.4, 0.5) is 4.39 Å². The summed E-state index contributed by atoms with van der Waals surface area (Å²) in [6.07, 6.45) is 4.15. The first kappa shape index (κ1) is 13.7. The van der Waals surface area contributed by atoms with Crippen LogP contribution < -0.4 is 5.73 Å². The summed E-state index contributed by atoms with van der Waals surface area (Å²) in [4.78, 5) is 12.4. The summed E-state index contributed by atoms with van der Waals surface area (Å²) in [5.74, 6) is -0.166. The van der Waals surface area contributed by atoms with Crippen LogP contribution >= 0.6 is 15.9 Å². The van der Waals surface area contributed by atoms with Gasteiger partial charge < -0.3 is 5.73 Å². The first-order chi connectivity index (χ1) is 8.55. The second-order valence-electron chi connectivity index (χ2n) is 5.07. The van der Waals surface area contributed by atoms with E-state index in [1.54, 1.807) is 6.07 Å². The predicted octanol–water partition coefficient (Wildman–Crippen LogP) is 3.22. The molecule has 0 amide bonds. The lowest BCUT2D eigenvalue weighted by atomic mass is 9.79. The topological polar surface area (TPSA) is 43.1 Å². The molecular formula is C14H17BrFNO. The van der Waals surface area contributed by atoms with Gasteiger partial charge in [0.2, 0.25) is 0 Å². The smallest absolute Gasteiger partial charge is 0.144 e. The van der Waals surface area contributed by atoms with E-state index in [9.17, 15) is 9.18 Å². The van der Waals surface area contributed by atoms with Gasteiger partial charge in [-0.1, -0.05) is 28.8 Å². The SMILES string of the molecule is NCC1(C(=O)Cc2cc(F)cc(Br)c2)CCCC1. The van der Waals surface area contributed by atoms with Crippen LogP contribution in [0.15, 0.2) is 22.7 Å². The molecule has 2 nitrogen and oxygen atoms in total. The van der Waals surface area contributed by atoms with Crippen molar-refractivity contribution in [3.05, 3.63) is 34.1 Å². The van der Waals surface area contributed by atoms with Crippen LogP contribution in [-0.4, -0.2) is 12.3 Å². The van der Waals surface area contributed by atoms with Gasteiger partial charge >= 0.3 is 0 Å². The molecule has 1 fully saturated rings. The zero-order valence-electron chi connectivity index (χ0n) is 10.2. The first-order valence-corrected chi connectivity index (χ1v) is 7.03. The molecule has 0 aliphatic heterocycles. The van der Waals surface area contributed by atoms with Gasteiger partial charge in [0.05, 0.1) is 0 Å². The average molecular weight is 314 g/mol. The average Bonchev–Trinajstić information content (AvgIpc) is 2.77. The minimum Gasteiger partial charge on any atom is -0.329 e. The zero-order valence-corrected chi connectivity index (χ0v) is 11.8. The minimum absolute atomic E-state index is 0.153. The first-order valence-electron chi connectivity index (χ1n) is 6.24. The Morgan fingerprint density at radius 1 is 1.33 bits per heavy atom. The minimum atomic E-state index is -0.362. The maximum atomic E-state index is 13.3. The molecule has 0 radical (unpaired) electrons. The third kappa shape index (κ3) is 2.81. The lowest BCUT2D eigenvalue weighted by molar-refractivity contribution is -0.127. The monoisotopic (exact) mass is 313 g/mol. The Kier molecular flexibility index (Phi) is 4.17. The normalized spacial score (nSPS) is 17.9. The highest BCUT2D eigenvalue weighted by molar-refractivity contribution is 9.10. The van der Waals surface area contributed by atoms with E-state index < -0.39 is 0 Å². The van der Waals surface area contributed by atoms with Crippen LogP contribution in [-0.2, 0) is 11.2 Å². The third-order valence-corrected chi connectivity index (χ3v) is 4.29. The van der Waals surface area contributed by atoms with E-state index in [1.165, 1.54) is 12.1 Å². The van der Waals surface area contributed by atoms with Crippen LogP contribution in [0, 0.1) is 11.2 Å². The van der Waals surface area contributed by atoms with Crippen LogP contribution in [0.5, 0.6) is 0 Å². The predicted molar refractivity (Wildman–Crippen MR) is 72.8 cm³/mol. The molecule has 0 heterocycles. The van der Waals surface area contributed by atoms with Crippen molar-refractivity contribution < 1.29 is 9.18 Å². The van der Waals surface area contributed by atoms with Crippen molar-refractivity contribution >= 4 is 21.7 Å². The van der Waals surface area contributed by atoms with E-state index in [4.69, 9.17) is 5.73 Å². The van der Waals surface area contributed by atoms with Crippen LogP contribution in [0.25, 0.3) is 0 Å². The number of hydrogen-bond donors (Lipinski definition) is 1. The van der Waals surface area contributed by atoms with Gasteiger partial charge in [-0.3, -0.25) is 4.79 Å². The fraction of sp³-hybridized carbons (Fsp3) is 0.500. The Hall–Kier alpha value is -0.740. The van der Waals surface area contributed by atoms with Gasteiger partial charge in [0, 0.05) is 22.9 Å². The maximum Gasteiger partial charge on any atom is 0.144 e. The van der Waals surface area contributed by atoms with Crippen molar-refractivity contribution in [1.29, 1.82) is 0 Å². The van der Waals surface area contributed by atoms with Gasteiger partial charge in [0.25, 0.3) is 0 Å². The number of benzene rings is 1. The number of nitrogens with two attached hydrogens (primary N) is 1. The maximum absolute atomic E-state index is 13.3. The number of ketones is 1. The second kappa shape index (κ2) is 5.49. The highest BCUT2D eigenvalue weighted by Gasteiger charge is 2.39. The second-order valence-corrected chi connectivity index (χ2v) is 5.98. The lowest BCUT2D eigenvalue weighted by Crippen LogP contribution is -2.37. The van der Waals surface area contributed by atoms with Gasteiger partial charge in [0.15, 0.2) is 0 Å². The fourth-order valence-corrected chi connectivity index (χ4v) is 3.25. The molecule has 1 aromatic carbocycles. The van der Waals surface area contributed by atoms with Gasteiger partial charge in [-0.15, -0.1) is 0 Å². The van der Waals surface area contributed by atoms with E-state index >= 15 is 0 Å². The van der Waals surface area contributed by atoms with Crippen LogP contribution in [0.1, 0.15) is 31.2 Å². The number of carbonyl (C=O) groups is 1. The molecule has 0 saturated heterocycles. The van der Waals surface area contributed by atoms with Crippen molar-refractivity contribution in [2.45, 2.75) is 32.1 Å². The number of rotatable bonds is 4. The summed E-state index contributed by atoms with van der Waals surface area (Å²) < 4.78 is 13.9. The highest BCUT2D eigenvalue weighted by Crippen LogP contribution is 2.38. The summed E-state index contributed by atoms with van der Waals surface area (Å²) in [5, 5.41) is 0. The molecular weight excluding hydrogens is 297 g/mol. The largest absolute Gasteiger partial charge is 0.329 e. The Labute approximate surface area is 115 Å². The summed E-state index contributed by atoms with van der Waals surface area (Å²) in [6.45, 7) is 0.405. The number of hydrogen-bond acceptors (Lipinski definition) is 2. The van der Waals surface area contributed by atoms with E-state index in [0.717, 1.165) is 25.7 Å². The van der Waals surface area contributed by atoms with Gasteiger partial charge in [0.1, 0.15) is 11.6 Å². The molecule has 4 heteroatoms. The van der Waals surface area contributed by atoms with Crippen molar-refractivity contribution in [2.24, 2.45) is 11.1 Å². The Morgan fingerprint density at radius 3 is 2.56 bits per heavy atom. The van der Waals surface area contributed by atoms with E-state index in [2.05, 4.69) is 15.9 Å². The zero-order chi connectivity index (χ0) is 13.2. The van der Waals surface area contributed by atoms with E-state index in [0.29, 0.717) is 16.6 Å².